The van der Waals surface area contributed by atoms with E-state index in [1.807, 2.05) is 48.7 Å². The standard InChI is InChI=1S/C26H27BrN6O3/c1-16(34)26(35)32-11-9-19(10-12-32)36-25-23(27)22(13-28)33-24(31-25)20(15-30-33)18-7-8-21(29-14-18)17-5-3-2-4-6-17/h2-8,14-16,19,34H,9-13,28H2,1H3/t16-/m1/s1. The van der Waals surface area contributed by atoms with Crippen LogP contribution in [0.1, 0.15) is 25.5 Å². The van der Waals surface area contributed by atoms with Gasteiger partial charge in [0.15, 0.2) is 5.65 Å². The van der Waals surface area contributed by atoms with Crippen molar-refractivity contribution in [2.24, 2.45) is 5.73 Å². The lowest BCUT2D eigenvalue weighted by atomic mass is 10.1. The molecule has 0 saturated carbocycles. The fourth-order valence-electron chi connectivity index (χ4n) is 4.42. The van der Waals surface area contributed by atoms with Crippen LogP contribution in [0, 0.1) is 0 Å². The summed E-state index contributed by atoms with van der Waals surface area (Å²) in [6, 6.07) is 14.0. The van der Waals surface area contributed by atoms with Crippen LogP contribution in [-0.2, 0) is 11.3 Å². The number of pyridine rings is 1. The predicted molar refractivity (Wildman–Crippen MR) is 139 cm³/mol. The van der Waals surface area contributed by atoms with E-state index in [-0.39, 0.29) is 18.6 Å². The largest absolute Gasteiger partial charge is 0.473 e. The Labute approximate surface area is 217 Å². The van der Waals surface area contributed by atoms with Crippen LogP contribution in [0.3, 0.4) is 0 Å². The van der Waals surface area contributed by atoms with Gasteiger partial charge >= 0.3 is 0 Å². The Kier molecular flexibility index (Phi) is 6.99. The monoisotopic (exact) mass is 550 g/mol. The summed E-state index contributed by atoms with van der Waals surface area (Å²) in [6.07, 6.45) is 3.76. The predicted octanol–water partition coefficient (Wildman–Crippen LogP) is 3.43. The maximum atomic E-state index is 12.1. The Hall–Kier alpha value is -3.34. The summed E-state index contributed by atoms with van der Waals surface area (Å²) in [6.45, 7) is 2.78. The van der Waals surface area contributed by atoms with E-state index in [1.165, 1.54) is 6.92 Å². The molecular weight excluding hydrogens is 524 g/mol. The molecule has 3 aromatic heterocycles. The number of nitrogens with two attached hydrogens (primary N) is 1. The summed E-state index contributed by atoms with van der Waals surface area (Å²) >= 11 is 3.61. The number of amides is 1. The zero-order chi connectivity index (χ0) is 25.2. The SMILES string of the molecule is C[C@@H](O)C(=O)N1CCC(Oc2nc3c(-c4ccc(-c5ccccc5)nc4)cnn3c(CN)c2Br)CC1. The molecule has 1 saturated heterocycles. The first-order chi connectivity index (χ1) is 17.5. The molecule has 0 spiro atoms. The normalized spacial score (nSPS) is 15.3. The number of hydrogen-bond donors (Lipinski definition) is 2. The number of aliphatic hydroxyl groups excluding tert-OH is 1. The molecule has 9 nitrogen and oxygen atoms in total. The first-order valence-corrected chi connectivity index (χ1v) is 12.7. The van der Waals surface area contributed by atoms with Gasteiger partial charge in [-0.25, -0.2) is 4.52 Å². The van der Waals surface area contributed by atoms with E-state index in [1.54, 1.807) is 15.6 Å². The number of piperidine rings is 1. The van der Waals surface area contributed by atoms with Gasteiger partial charge in [0, 0.05) is 55.4 Å². The minimum atomic E-state index is -0.996. The molecule has 0 radical (unpaired) electrons. The number of benzene rings is 1. The first kappa shape index (κ1) is 24.4. The summed E-state index contributed by atoms with van der Waals surface area (Å²) in [5.74, 6) is 0.189. The molecule has 4 aromatic rings. The van der Waals surface area contributed by atoms with Crippen molar-refractivity contribution in [2.75, 3.05) is 13.1 Å². The number of nitrogens with zero attached hydrogens (tertiary/aromatic N) is 5. The fourth-order valence-corrected chi connectivity index (χ4v) is 4.93. The van der Waals surface area contributed by atoms with E-state index in [9.17, 15) is 9.90 Å². The first-order valence-electron chi connectivity index (χ1n) is 11.9. The number of carbonyl (C=O) groups excluding carboxylic acids is 1. The quantitative estimate of drug-likeness (QED) is 0.377. The molecule has 1 fully saturated rings. The molecule has 0 bridgehead atoms. The number of hydrogen-bond acceptors (Lipinski definition) is 7. The van der Waals surface area contributed by atoms with Crippen molar-refractivity contribution in [2.45, 2.75) is 38.5 Å². The summed E-state index contributed by atoms with van der Waals surface area (Å²) < 4.78 is 8.67. The third-order valence-corrected chi connectivity index (χ3v) is 7.17. The molecule has 5 rings (SSSR count). The lowest BCUT2D eigenvalue weighted by Gasteiger charge is -2.32. The molecule has 1 amide bonds. The summed E-state index contributed by atoms with van der Waals surface area (Å²) in [5, 5.41) is 14.1. The average molecular weight is 551 g/mol. The Morgan fingerprint density at radius 3 is 2.56 bits per heavy atom. The second kappa shape index (κ2) is 10.3. The molecule has 1 atom stereocenters. The van der Waals surface area contributed by atoms with Gasteiger partial charge in [-0.3, -0.25) is 9.78 Å². The van der Waals surface area contributed by atoms with Gasteiger partial charge in [0.2, 0.25) is 5.88 Å². The van der Waals surface area contributed by atoms with Crippen LogP contribution in [0.2, 0.25) is 0 Å². The molecule has 0 unspecified atom stereocenters. The molecule has 186 valence electrons. The molecule has 10 heteroatoms. The maximum absolute atomic E-state index is 12.1. The van der Waals surface area contributed by atoms with Gasteiger partial charge in [0.1, 0.15) is 16.7 Å². The van der Waals surface area contributed by atoms with Crippen LogP contribution in [0.4, 0.5) is 0 Å². The average Bonchev–Trinajstić information content (AvgIpc) is 3.33. The van der Waals surface area contributed by atoms with E-state index >= 15 is 0 Å². The number of ether oxygens (including phenoxy) is 1. The highest BCUT2D eigenvalue weighted by Gasteiger charge is 2.27. The zero-order valence-electron chi connectivity index (χ0n) is 19.8. The van der Waals surface area contributed by atoms with E-state index in [0.717, 1.165) is 28.1 Å². The van der Waals surface area contributed by atoms with Crippen LogP contribution in [-0.4, -0.2) is 60.8 Å². The zero-order valence-corrected chi connectivity index (χ0v) is 21.4. The van der Waals surface area contributed by atoms with Gasteiger partial charge < -0.3 is 20.5 Å². The molecular formula is C26H27BrN6O3. The number of rotatable bonds is 6. The fraction of sp³-hybridized carbons (Fsp3) is 0.308. The van der Waals surface area contributed by atoms with E-state index in [4.69, 9.17) is 15.5 Å². The summed E-state index contributed by atoms with van der Waals surface area (Å²) in [4.78, 5) is 23.2. The lowest BCUT2D eigenvalue weighted by molar-refractivity contribution is -0.141. The Morgan fingerprint density at radius 2 is 1.92 bits per heavy atom. The molecule has 36 heavy (non-hydrogen) atoms. The van der Waals surface area contributed by atoms with Gasteiger partial charge in [-0.2, -0.15) is 10.1 Å². The highest BCUT2D eigenvalue weighted by atomic mass is 79.9. The van der Waals surface area contributed by atoms with Crippen molar-refractivity contribution in [1.82, 2.24) is 24.5 Å². The topological polar surface area (TPSA) is 119 Å². The second-order valence-electron chi connectivity index (χ2n) is 8.79. The minimum Gasteiger partial charge on any atom is -0.473 e. The molecule has 1 aliphatic heterocycles. The van der Waals surface area contributed by atoms with Crippen LogP contribution >= 0.6 is 15.9 Å². The number of likely N-dealkylation sites (tertiary alicyclic amines) is 1. The van der Waals surface area contributed by atoms with Gasteiger partial charge in [0.25, 0.3) is 5.91 Å². The Morgan fingerprint density at radius 1 is 1.17 bits per heavy atom. The minimum absolute atomic E-state index is 0.113. The third-order valence-electron chi connectivity index (χ3n) is 6.37. The van der Waals surface area contributed by atoms with Gasteiger partial charge in [-0.15, -0.1) is 0 Å². The molecule has 3 N–H and O–H groups in total. The van der Waals surface area contributed by atoms with E-state index in [0.29, 0.717) is 41.9 Å². The number of fused-ring (bicyclic) bond motifs is 1. The summed E-state index contributed by atoms with van der Waals surface area (Å²) in [5.41, 5.74) is 11.1. The number of carbonyl (C=O) groups is 1. The van der Waals surface area contributed by atoms with Crippen molar-refractivity contribution in [3.8, 4) is 28.3 Å². The molecule has 1 aliphatic rings. The van der Waals surface area contributed by atoms with Crippen molar-refractivity contribution < 1.29 is 14.6 Å². The Balaban J connectivity index is 1.42. The van der Waals surface area contributed by atoms with Crippen molar-refractivity contribution in [3.05, 3.63) is 65.0 Å². The molecule has 1 aromatic carbocycles. The van der Waals surface area contributed by atoms with Gasteiger partial charge in [0.05, 0.1) is 17.6 Å². The van der Waals surface area contributed by atoms with Gasteiger partial charge in [-0.05, 0) is 28.9 Å². The molecule has 0 aliphatic carbocycles. The van der Waals surface area contributed by atoms with Gasteiger partial charge in [-0.1, -0.05) is 36.4 Å². The smallest absolute Gasteiger partial charge is 0.251 e. The summed E-state index contributed by atoms with van der Waals surface area (Å²) in [7, 11) is 0. The highest BCUT2D eigenvalue weighted by Crippen LogP contribution is 2.33. The Bertz CT molecular complexity index is 1370. The molecule has 4 heterocycles. The third kappa shape index (κ3) is 4.71. The second-order valence-corrected chi connectivity index (χ2v) is 9.59. The van der Waals surface area contributed by atoms with Crippen molar-refractivity contribution >= 4 is 27.5 Å². The van der Waals surface area contributed by atoms with E-state index < -0.39 is 6.10 Å². The van der Waals surface area contributed by atoms with Crippen molar-refractivity contribution in [3.63, 3.8) is 0 Å². The highest BCUT2D eigenvalue weighted by molar-refractivity contribution is 9.10. The van der Waals surface area contributed by atoms with Crippen molar-refractivity contribution in [1.29, 1.82) is 0 Å². The number of aromatic nitrogens is 4. The van der Waals surface area contributed by atoms with Crippen LogP contribution in [0.15, 0.2) is 59.3 Å². The number of halogens is 1. The van der Waals surface area contributed by atoms with E-state index in [2.05, 4.69) is 26.0 Å². The lowest BCUT2D eigenvalue weighted by Crippen LogP contribution is -2.45. The number of aliphatic hydroxyl groups is 1. The van der Waals surface area contributed by atoms with Crippen LogP contribution in [0.5, 0.6) is 5.88 Å². The van der Waals surface area contributed by atoms with Crippen LogP contribution < -0.4 is 10.5 Å². The maximum Gasteiger partial charge on any atom is 0.251 e. The van der Waals surface area contributed by atoms with Crippen LogP contribution in [0.25, 0.3) is 28.0 Å².